The van der Waals surface area contributed by atoms with Crippen molar-refractivity contribution in [2.75, 3.05) is 5.32 Å². The van der Waals surface area contributed by atoms with Crippen molar-refractivity contribution in [2.45, 2.75) is 13.5 Å². The molecule has 0 unspecified atom stereocenters. The smallest absolute Gasteiger partial charge is 0.0897 e. The van der Waals surface area contributed by atoms with Crippen molar-refractivity contribution in [1.82, 2.24) is 4.98 Å². The van der Waals surface area contributed by atoms with Gasteiger partial charge in [-0.2, -0.15) is 0 Å². The second-order valence-electron chi connectivity index (χ2n) is 3.32. The van der Waals surface area contributed by atoms with Crippen molar-refractivity contribution < 1.29 is 0 Å². The van der Waals surface area contributed by atoms with Gasteiger partial charge < -0.3 is 5.32 Å². The summed E-state index contributed by atoms with van der Waals surface area (Å²) < 4.78 is 1.14. The Morgan fingerprint density at radius 1 is 1.50 bits per heavy atom. The van der Waals surface area contributed by atoms with Crippen molar-refractivity contribution in [2.24, 2.45) is 0 Å². The van der Waals surface area contributed by atoms with Gasteiger partial charge in [0.25, 0.3) is 0 Å². The minimum Gasteiger partial charge on any atom is -0.379 e. The van der Waals surface area contributed by atoms with Gasteiger partial charge in [-0.1, -0.05) is 11.6 Å². The first-order valence-corrected chi connectivity index (χ1v) is 7.03. The summed E-state index contributed by atoms with van der Waals surface area (Å²) in [5.74, 6) is 0. The van der Waals surface area contributed by atoms with E-state index in [1.54, 1.807) is 11.3 Å². The van der Waals surface area contributed by atoms with Crippen molar-refractivity contribution in [3.05, 3.63) is 42.9 Å². The van der Waals surface area contributed by atoms with E-state index in [4.69, 9.17) is 11.6 Å². The molecule has 84 valence electrons. The number of hydrogen-bond donors (Lipinski definition) is 1. The molecule has 0 atom stereocenters. The molecule has 2 rings (SSSR count). The highest BCUT2D eigenvalue weighted by Gasteiger charge is 2.02. The van der Waals surface area contributed by atoms with E-state index in [9.17, 15) is 0 Å². The summed E-state index contributed by atoms with van der Waals surface area (Å²) >= 11 is 10.1. The van der Waals surface area contributed by atoms with Crippen LogP contribution in [0.4, 0.5) is 5.69 Å². The van der Waals surface area contributed by atoms with Gasteiger partial charge in [0.2, 0.25) is 0 Å². The minimum absolute atomic E-state index is 0.758. The topological polar surface area (TPSA) is 24.9 Å². The van der Waals surface area contributed by atoms with E-state index in [-0.39, 0.29) is 0 Å². The predicted molar refractivity (Wildman–Crippen MR) is 78.3 cm³/mol. The van der Waals surface area contributed by atoms with Gasteiger partial charge in [0.1, 0.15) is 0 Å². The van der Waals surface area contributed by atoms with Gasteiger partial charge in [-0.15, -0.1) is 11.3 Å². The molecule has 2 nitrogen and oxygen atoms in total. The monoisotopic (exact) mass is 364 g/mol. The first kappa shape index (κ1) is 12.1. The third-order valence-electron chi connectivity index (χ3n) is 2.05. The van der Waals surface area contributed by atoms with Crippen LogP contribution < -0.4 is 5.32 Å². The lowest BCUT2D eigenvalue weighted by Crippen LogP contribution is -1.98. The molecule has 1 aromatic heterocycles. The molecule has 2 aromatic rings. The molecule has 0 aliphatic heterocycles. The number of halogens is 2. The highest BCUT2D eigenvalue weighted by atomic mass is 127. The first-order valence-electron chi connectivity index (χ1n) is 4.75. The van der Waals surface area contributed by atoms with Crippen molar-refractivity contribution in [1.29, 1.82) is 0 Å². The van der Waals surface area contributed by atoms with E-state index in [0.29, 0.717) is 0 Å². The average Bonchev–Trinajstić information content (AvgIpc) is 2.63. The van der Waals surface area contributed by atoms with Crippen LogP contribution in [0.2, 0.25) is 5.02 Å². The summed E-state index contributed by atoms with van der Waals surface area (Å²) in [6, 6.07) is 5.98. The number of aromatic nitrogens is 1. The molecule has 1 heterocycles. The summed E-state index contributed by atoms with van der Waals surface area (Å²) in [4.78, 5) is 5.42. The summed E-state index contributed by atoms with van der Waals surface area (Å²) in [6.45, 7) is 2.78. The zero-order valence-electron chi connectivity index (χ0n) is 8.63. The number of hydrogen-bond acceptors (Lipinski definition) is 3. The number of benzene rings is 1. The Balaban J connectivity index is 2.04. The molecule has 0 amide bonds. The summed E-state index contributed by atoms with van der Waals surface area (Å²) in [5.41, 5.74) is 0.966. The molecule has 1 aromatic carbocycles. The number of nitrogens with one attached hydrogen (secondary N) is 1. The largest absolute Gasteiger partial charge is 0.379 e. The Morgan fingerprint density at radius 3 is 2.94 bits per heavy atom. The molecule has 16 heavy (non-hydrogen) atoms. The highest BCUT2D eigenvalue weighted by Crippen LogP contribution is 2.24. The lowest BCUT2D eigenvalue weighted by Gasteiger charge is -2.06. The van der Waals surface area contributed by atoms with Crippen molar-refractivity contribution >= 4 is 51.2 Å². The Bertz CT molecular complexity index is 498. The number of aryl methyl sites for hydroxylation is 1. The highest BCUT2D eigenvalue weighted by molar-refractivity contribution is 14.1. The lowest BCUT2D eigenvalue weighted by atomic mass is 10.3. The van der Waals surface area contributed by atoms with E-state index < -0.39 is 0 Å². The predicted octanol–water partition coefficient (Wildman–Crippen LogP) is 4.32. The van der Waals surface area contributed by atoms with Crippen molar-refractivity contribution in [3.8, 4) is 0 Å². The molecule has 0 spiro atoms. The van der Waals surface area contributed by atoms with E-state index in [1.807, 2.05) is 31.3 Å². The van der Waals surface area contributed by atoms with Crippen LogP contribution in [0.25, 0.3) is 0 Å². The summed E-state index contributed by atoms with van der Waals surface area (Å²) in [6.07, 6.45) is 1.90. The SMILES string of the molecule is Cc1ncc(CNc2ccc(I)cc2Cl)s1. The zero-order chi connectivity index (χ0) is 11.5. The summed E-state index contributed by atoms with van der Waals surface area (Å²) in [7, 11) is 0. The molecule has 0 aliphatic carbocycles. The Kier molecular flexibility index (Phi) is 4.05. The molecule has 0 aliphatic rings. The second kappa shape index (κ2) is 5.33. The fourth-order valence-corrected chi connectivity index (χ4v) is 2.96. The molecule has 5 heteroatoms. The molecule has 0 radical (unpaired) electrons. The maximum atomic E-state index is 6.12. The van der Waals surface area contributed by atoms with Gasteiger partial charge in [-0.3, -0.25) is 0 Å². The normalized spacial score (nSPS) is 10.4. The van der Waals surface area contributed by atoms with E-state index in [1.165, 1.54) is 4.88 Å². The van der Waals surface area contributed by atoms with Crippen LogP contribution in [-0.2, 0) is 6.54 Å². The molecule has 1 N–H and O–H groups in total. The van der Waals surface area contributed by atoms with Crippen LogP contribution >= 0.6 is 45.5 Å². The fourth-order valence-electron chi connectivity index (χ4n) is 1.30. The van der Waals surface area contributed by atoms with Crippen LogP contribution in [0.1, 0.15) is 9.88 Å². The first-order chi connectivity index (χ1) is 7.65. The maximum Gasteiger partial charge on any atom is 0.0897 e. The van der Waals surface area contributed by atoms with Crippen LogP contribution in [0.5, 0.6) is 0 Å². The number of rotatable bonds is 3. The molecule has 0 bridgehead atoms. The van der Waals surface area contributed by atoms with Crippen molar-refractivity contribution in [3.63, 3.8) is 0 Å². The van der Waals surface area contributed by atoms with E-state index >= 15 is 0 Å². The molecule has 0 fully saturated rings. The van der Waals surface area contributed by atoms with E-state index in [2.05, 4.69) is 32.9 Å². The minimum atomic E-state index is 0.758. The van der Waals surface area contributed by atoms with Gasteiger partial charge in [-0.25, -0.2) is 4.98 Å². The molecule has 0 saturated carbocycles. The standard InChI is InChI=1S/C11H10ClIN2S/c1-7-14-5-9(16-7)6-15-11-3-2-8(13)4-10(11)12/h2-5,15H,6H2,1H3. The van der Waals surface area contributed by atoms with E-state index in [0.717, 1.165) is 25.8 Å². The maximum absolute atomic E-state index is 6.12. The summed E-state index contributed by atoms with van der Waals surface area (Å²) in [5, 5.41) is 5.15. The van der Waals surface area contributed by atoms with Crippen LogP contribution in [-0.4, -0.2) is 4.98 Å². The number of thiazole rings is 1. The van der Waals surface area contributed by atoms with Gasteiger partial charge in [0.15, 0.2) is 0 Å². The Morgan fingerprint density at radius 2 is 2.31 bits per heavy atom. The van der Waals surface area contributed by atoms with Crippen LogP contribution in [0, 0.1) is 10.5 Å². The van der Waals surface area contributed by atoms with Gasteiger partial charge >= 0.3 is 0 Å². The third-order valence-corrected chi connectivity index (χ3v) is 3.95. The molecular weight excluding hydrogens is 355 g/mol. The molecule has 0 saturated heterocycles. The second-order valence-corrected chi connectivity index (χ2v) is 6.30. The Labute approximate surface area is 117 Å². The number of nitrogens with zero attached hydrogens (tertiary/aromatic N) is 1. The fraction of sp³-hybridized carbons (Fsp3) is 0.182. The quantitative estimate of drug-likeness (QED) is 0.820. The van der Waals surface area contributed by atoms with Gasteiger partial charge in [-0.05, 0) is 47.7 Å². The van der Waals surface area contributed by atoms with Gasteiger partial charge in [0.05, 0.1) is 22.3 Å². The zero-order valence-corrected chi connectivity index (χ0v) is 12.4. The van der Waals surface area contributed by atoms with Crippen LogP contribution in [0.3, 0.4) is 0 Å². The average molecular weight is 365 g/mol. The molecular formula is C11H10ClIN2S. The third kappa shape index (κ3) is 3.09. The lowest BCUT2D eigenvalue weighted by molar-refractivity contribution is 1.17. The number of anilines is 1. The Hall–Kier alpha value is -0.330. The van der Waals surface area contributed by atoms with Gasteiger partial charge in [0, 0.05) is 14.6 Å². The van der Waals surface area contributed by atoms with Crippen LogP contribution in [0.15, 0.2) is 24.4 Å².